The number of benzene rings is 1. The molecule has 0 atom stereocenters. The second-order valence-electron chi connectivity index (χ2n) is 8.83. The Bertz CT molecular complexity index is 982. The molecule has 1 aromatic carbocycles. The number of amides is 5. The summed E-state index contributed by atoms with van der Waals surface area (Å²) < 4.78 is 5.81. The van der Waals surface area contributed by atoms with Crippen LogP contribution in [0.3, 0.4) is 0 Å². The van der Waals surface area contributed by atoms with Gasteiger partial charge in [-0.25, -0.2) is 4.79 Å². The molecule has 0 unspecified atom stereocenters. The van der Waals surface area contributed by atoms with E-state index in [9.17, 15) is 24.0 Å². The van der Waals surface area contributed by atoms with Gasteiger partial charge in [0.15, 0.2) is 0 Å². The molecule has 1 N–H and O–H groups in total. The molecule has 1 saturated heterocycles. The lowest BCUT2D eigenvalue weighted by atomic mass is 10.1. The first-order chi connectivity index (χ1) is 15.5. The van der Waals surface area contributed by atoms with Crippen molar-refractivity contribution in [1.82, 2.24) is 20.0 Å². The zero-order valence-corrected chi connectivity index (χ0v) is 20.4. The monoisotopic (exact) mass is 522 g/mol. The number of ether oxygens (including phenoxy) is 1. The van der Waals surface area contributed by atoms with Crippen LogP contribution >= 0.6 is 15.9 Å². The normalized spacial score (nSPS) is 16.1. The van der Waals surface area contributed by atoms with Crippen LogP contribution in [0.25, 0.3) is 0 Å². The Morgan fingerprint density at radius 2 is 1.55 bits per heavy atom. The van der Waals surface area contributed by atoms with E-state index in [2.05, 4.69) is 21.2 Å². The first-order valence-corrected chi connectivity index (χ1v) is 11.4. The minimum Gasteiger partial charge on any atom is -0.444 e. The minimum absolute atomic E-state index is 0.123. The van der Waals surface area contributed by atoms with E-state index < -0.39 is 23.5 Å². The van der Waals surface area contributed by atoms with E-state index in [4.69, 9.17) is 4.74 Å². The summed E-state index contributed by atoms with van der Waals surface area (Å²) in [4.78, 5) is 66.0. The molecule has 178 valence electrons. The molecule has 0 saturated carbocycles. The predicted molar refractivity (Wildman–Crippen MR) is 122 cm³/mol. The fourth-order valence-corrected chi connectivity index (χ4v) is 3.95. The van der Waals surface area contributed by atoms with Crippen molar-refractivity contribution >= 4 is 45.7 Å². The second-order valence-corrected chi connectivity index (χ2v) is 9.74. The van der Waals surface area contributed by atoms with E-state index in [1.165, 1.54) is 0 Å². The third-order valence-electron chi connectivity index (χ3n) is 5.22. The fraction of sp³-hybridized carbons (Fsp3) is 0.500. The number of nitrogens with zero attached hydrogens (tertiary/aromatic N) is 3. The summed E-state index contributed by atoms with van der Waals surface area (Å²) >= 11 is 3.28. The van der Waals surface area contributed by atoms with Crippen molar-refractivity contribution in [3.05, 3.63) is 33.8 Å². The van der Waals surface area contributed by atoms with Crippen LogP contribution in [0.1, 0.15) is 47.9 Å². The summed E-state index contributed by atoms with van der Waals surface area (Å²) in [6, 6.07) is 4.81. The summed E-state index contributed by atoms with van der Waals surface area (Å²) in [7, 11) is 0. The lowest BCUT2D eigenvalue weighted by Crippen LogP contribution is -2.53. The van der Waals surface area contributed by atoms with Crippen LogP contribution in [0.5, 0.6) is 0 Å². The minimum atomic E-state index is -0.610. The maximum absolute atomic E-state index is 12.7. The Kier molecular flexibility index (Phi) is 7.41. The van der Waals surface area contributed by atoms with E-state index >= 15 is 0 Å². The molecule has 2 heterocycles. The van der Waals surface area contributed by atoms with Gasteiger partial charge < -0.3 is 19.9 Å². The van der Waals surface area contributed by atoms with Gasteiger partial charge in [-0.2, -0.15) is 0 Å². The summed E-state index contributed by atoms with van der Waals surface area (Å²) in [6.07, 6.45) is -0.455. The first kappa shape index (κ1) is 24.7. The smallest absolute Gasteiger partial charge is 0.407 e. The van der Waals surface area contributed by atoms with Crippen LogP contribution in [0, 0.1) is 0 Å². The van der Waals surface area contributed by atoms with Crippen molar-refractivity contribution in [1.29, 1.82) is 0 Å². The number of hydrogen-bond acceptors (Lipinski definition) is 6. The van der Waals surface area contributed by atoms with Crippen LogP contribution < -0.4 is 5.32 Å². The molecule has 0 aromatic heterocycles. The Morgan fingerprint density at radius 3 is 2.15 bits per heavy atom. The van der Waals surface area contributed by atoms with Crippen LogP contribution in [0.4, 0.5) is 4.79 Å². The average molecular weight is 523 g/mol. The van der Waals surface area contributed by atoms with Gasteiger partial charge in [-0.3, -0.25) is 24.1 Å². The van der Waals surface area contributed by atoms with Gasteiger partial charge in [0.1, 0.15) is 12.1 Å². The number of alkyl carbamates (subject to hydrolysis) is 1. The number of halogens is 1. The van der Waals surface area contributed by atoms with Gasteiger partial charge in [0, 0.05) is 43.6 Å². The van der Waals surface area contributed by atoms with E-state index in [0.29, 0.717) is 30.7 Å². The molecule has 0 bridgehead atoms. The molecule has 0 radical (unpaired) electrons. The number of rotatable bonds is 5. The predicted octanol–water partition coefficient (Wildman–Crippen LogP) is 1.63. The van der Waals surface area contributed by atoms with Gasteiger partial charge in [0.2, 0.25) is 11.8 Å². The Balaban J connectivity index is 1.44. The zero-order valence-electron chi connectivity index (χ0n) is 18.9. The van der Waals surface area contributed by atoms with Gasteiger partial charge in [0.25, 0.3) is 11.8 Å². The standard InChI is InChI=1S/C22H27BrN4O6/c1-22(2,3)33-21(32)24-7-6-17(28)25-8-10-26(11-9-25)18(29)13-27-19(30)15-5-4-14(23)12-16(15)20(27)31/h4-5,12H,6-11,13H2,1-3H3,(H,24,32). The van der Waals surface area contributed by atoms with Crippen molar-refractivity contribution < 1.29 is 28.7 Å². The third-order valence-corrected chi connectivity index (χ3v) is 5.71. The summed E-state index contributed by atoms with van der Waals surface area (Å²) in [5.74, 6) is -1.45. The van der Waals surface area contributed by atoms with Crippen molar-refractivity contribution in [3.63, 3.8) is 0 Å². The van der Waals surface area contributed by atoms with E-state index in [-0.39, 0.29) is 42.5 Å². The third kappa shape index (κ3) is 6.10. The number of fused-ring (bicyclic) bond motifs is 1. The molecule has 11 heteroatoms. The summed E-state index contributed by atoms with van der Waals surface area (Å²) in [5.41, 5.74) is -0.0510. The molecule has 2 aliphatic heterocycles. The van der Waals surface area contributed by atoms with Crippen LogP contribution in [0.2, 0.25) is 0 Å². The van der Waals surface area contributed by atoms with Gasteiger partial charge in [-0.1, -0.05) is 15.9 Å². The van der Waals surface area contributed by atoms with Crippen molar-refractivity contribution in [3.8, 4) is 0 Å². The van der Waals surface area contributed by atoms with Gasteiger partial charge in [-0.15, -0.1) is 0 Å². The summed E-state index contributed by atoms with van der Waals surface area (Å²) in [6.45, 7) is 6.37. The highest BCUT2D eigenvalue weighted by atomic mass is 79.9. The molecule has 5 amide bonds. The molecule has 10 nitrogen and oxygen atoms in total. The first-order valence-electron chi connectivity index (χ1n) is 10.6. The van der Waals surface area contributed by atoms with Crippen molar-refractivity contribution in [2.24, 2.45) is 0 Å². The number of nitrogens with one attached hydrogen (secondary N) is 1. The Labute approximate surface area is 200 Å². The molecule has 2 aliphatic rings. The molecule has 3 rings (SSSR count). The van der Waals surface area contributed by atoms with Crippen molar-refractivity contribution in [2.45, 2.75) is 32.8 Å². The number of hydrogen-bond donors (Lipinski definition) is 1. The number of carbonyl (C=O) groups is 5. The zero-order chi connectivity index (χ0) is 24.3. The molecular formula is C22H27BrN4O6. The maximum atomic E-state index is 12.7. The Hall–Kier alpha value is -2.95. The molecule has 0 aliphatic carbocycles. The SMILES string of the molecule is CC(C)(C)OC(=O)NCCC(=O)N1CCN(C(=O)CN2C(=O)c3ccc(Br)cc3C2=O)CC1. The summed E-state index contributed by atoms with van der Waals surface area (Å²) in [5, 5.41) is 2.55. The second kappa shape index (κ2) is 9.90. The highest BCUT2D eigenvalue weighted by molar-refractivity contribution is 9.10. The van der Waals surface area contributed by atoms with E-state index in [0.717, 1.165) is 4.90 Å². The quantitative estimate of drug-likeness (QED) is 0.587. The van der Waals surface area contributed by atoms with Gasteiger partial charge in [-0.05, 0) is 39.0 Å². The molecule has 0 spiro atoms. The van der Waals surface area contributed by atoms with Gasteiger partial charge in [0.05, 0.1) is 11.1 Å². The van der Waals surface area contributed by atoms with Crippen LogP contribution in [0.15, 0.2) is 22.7 Å². The largest absolute Gasteiger partial charge is 0.444 e. The fourth-order valence-electron chi connectivity index (χ4n) is 3.59. The highest BCUT2D eigenvalue weighted by Gasteiger charge is 2.38. The topological polar surface area (TPSA) is 116 Å². The lowest BCUT2D eigenvalue weighted by Gasteiger charge is -2.35. The Morgan fingerprint density at radius 1 is 0.970 bits per heavy atom. The highest BCUT2D eigenvalue weighted by Crippen LogP contribution is 2.26. The van der Waals surface area contributed by atoms with E-state index in [1.807, 2.05) is 0 Å². The van der Waals surface area contributed by atoms with Gasteiger partial charge >= 0.3 is 6.09 Å². The molecule has 1 aromatic rings. The lowest BCUT2D eigenvalue weighted by molar-refractivity contribution is -0.139. The van der Waals surface area contributed by atoms with Crippen LogP contribution in [-0.4, -0.2) is 89.3 Å². The number of piperazine rings is 1. The van der Waals surface area contributed by atoms with E-state index in [1.54, 1.807) is 48.8 Å². The number of imide groups is 1. The molecule has 1 fully saturated rings. The maximum Gasteiger partial charge on any atom is 0.407 e. The van der Waals surface area contributed by atoms with Crippen molar-refractivity contribution in [2.75, 3.05) is 39.3 Å². The number of carbonyl (C=O) groups excluding carboxylic acids is 5. The van der Waals surface area contributed by atoms with Crippen LogP contribution in [-0.2, 0) is 14.3 Å². The molecular weight excluding hydrogens is 496 g/mol. The average Bonchev–Trinajstić information content (AvgIpc) is 2.96. The molecule has 33 heavy (non-hydrogen) atoms.